The van der Waals surface area contributed by atoms with Gasteiger partial charge in [-0.2, -0.15) is 10.5 Å². The van der Waals surface area contributed by atoms with Gasteiger partial charge in [-0.1, -0.05) is 59.3 Å². The number of hydrogen-bond acceptors (Lipinski definition) is 8. The third-order valence-corrected chi connectivity index (χ3v) is 7.21. The highest BCUT2D eigenvalue weighted by molar-refractivity contribution is 6.35. The second-order valence-corrected chi connectivity index (χ2v) is 10.2. The average molecular weight is 601 g/mol. The molecular weight excluding hydrogens is 577 g/mol. The Hall–Kier alpha value is -5.84. The number of rotatable bonds is 9. The van der Waals surface area contributed by atoms with Crippen molar-refractivity contribution in [1.82, 2.24) is 25.0 Å². The Kier molecular flexibility index (Phi) is 7.72. The molecule has 2 atom stereocenters. The highest BCUT2D eigenvalue weighted by Crippen LogP contribution is 2.37. The van der Waals surface area contributed by atoms with E-state index >= 15 is 0 Å². The molecule has 3 aromatic carbocycles. The summed E-state index contributed by atoms with van der Waals surface area (Å²) in [4.78, 5) is 8.55. The van der Waals surface area contributed by atoms with Gasteiger partial charge >= 0.3 is 0 Å². The van der Waals surface area contributed by atoms with Gasteiger partial charge in [-0.25, -0.2) is 9.07 Å². The minimum absolute atomic E-state index is 0.136. The number of anilines is 2. The van der Waals surface area contributed by atoms with Gasteiger partial charge in [-0.15, -0.1) is 5.10 Å². The number of nitrogens with one attached hydrogen (secondary N) is 2. The second-order valence-electron chi connectivity index (χ2n) is 9.75. The van der Waals surface area contributed by atoms with Crippen LogP contribution < -0.4 is 10.6 Å². The van der Waals surface area contributed by atoms with Crippen molar-refractivity contribution >= 4 is 33.9 Å². The van der Waals surface area contributed by atoms with Crippen LogP contribution in [0.25, 0.3) is 16.6 Å². The van der Waals surface area contributed by atoms with Crippen molar-refractivity contribution in [3.8, 4) is 17.8 Å². The van der Waals surface area contributed by atoms with Crippen LogP contribution in [0, 0.1) is 28.5 Å². The van der Waals surface area contributed by atoms with E-state index in [1.807, 2.05) is 30.3 Å². The van der Waals surface area contributed by atoms with Crippen molar-refractivity contribution in [3.63, 3.8) is 0 Å². The van der Waals surface area contributed by atoms with E-state index in [1.54, 1.807) is 42.9 Å². The molecule has 0 spiro atoms. The maximum Gasteiger partial charge on any atom is 0.123 e. The summed E-state index contributed by atoms with van der Waals surface area (Å²) in [5.74, 6) is -0.454. The second kappa shape index (κ2) is 12.6. The van der Waals surface area contributed by atoms with Crippen LogP contribution in [0.5, 0.6) is 0 Å². The molecule has 0 aliphatic rings. The van der Waals surface area contributed by atoms with Gasteiger partial charge in [0.05, 0.1) is 65.8 Å². The molecule has 0 aliphatic carbocycles. The highest BCUT2D eigenvalue weighted by atomic mass is 35.5. The van der Waals surface area contributed by atoms with Gasteiger partial charge in [-0.3, -0.25) is 9.97 Å². The molecule has 0 saturated carbocycles. The predicted octanol–water partition coefficient (Wildman–Crippen LogP) is 7.14. The van der Waals surface area contributed by atoms with Crippen molar-refractivity contribution in [2.75, 3.05) is 10.6 Å². The summed E-state index contributed by atoms with van der Waals surface area (Å²) in [6.07, 6.45) is 6.41. The number of pyridine rings is 2. The third kappa shape index (κ3) is 5.88. The van der Waals surface area contributed by atoms with Crippen LogP contribution in [0.3, 0.4) is 0 Å². The van der Waals surface area contributed by atoms with Crippen molar-refractivity contribution < 1.29 is 5.76 Å². The Labute approximate surface area is 258 Å². The van der Waals surface area contributed by atoms with Gasteiger partial charge in [0.1, 0.15) is 17.6 Å². The molecule has 11 heteroatoms. The molecule has 44 heavy (non-hydrogen) atoms. The van der Waals surface area contributed by atoms with Gasteiger partial charge < -0.3 is 10.6 Å². The van der Waals surface area contributed by atoms with Gasteiger partial charge in [0, 0.05) is 23.5 Å². The Bertz CT molecular complexity index is 2060. The molecule has 6 rings (SSSR count). The summed E-state index contributed by atoms with van der Waals surface area (Å²) in [5.41, 5.74) is 3.63. The molecule has 9 nitrogen and oxygen atoms in total. The molecule has 2 N–H and O–H groups in total. The van der Waals surface area contributed by atoms with E-state index in [0.29, 0.717) is 33.5 Å². The number of hydrogen-bond donors (Lipinski definition) is 2. The lowest BCUT2D eigenvalue weighted by atomic mass is 10.0. The lowest BCUT2D eigenvalue weighted by molar-refractivity contribution is 0.626. The minimum atomic E-state index is -1.76. The summed E-state index contributed by atoms with van der Waals surface area (Å²) >= 11 is 6.75. The fourth-order valence-electron chi connectivity index (χ4n) is 4.81. The molecule has 0 aliphatic heterocycles. The molecule has 3 aromatic heterocycles. The zero-order chi connectivity index (χ0) is 31.4. The Morgan fingerprint density at radius 3 is 2.52 bits per heavy atom. The standard InChI is InChI=1S/C33H23ClFN9/c34-28-16-25(15-27-31(23(17-37)18-39-33(27)28)41-29(12-13-36)21-5-2-1-3-6-21)40-32(22-8-10-24(35)11-9-22)30-20-44(43-42-30)26-7-4-14-38-19-26/h1-11,14-16,18-20,29,32,40H,12H2,(H,39,41)/i32D. The van der Waals surface area contributed by atoms with Crippen molar-refractivity contribution in [2.24, 2.45) is 0 Å². The largest absolute Gasteiger partial charge is 0.376 e. The van der Waals surface area contributed by atoms with Gasteiger partial charge in [0.25, 0.3) is 0 Å². The van der Waals surface area contributed by atoms with Crippen LogP contribution in [-0.2, 0) is 0 Å². The lowest BCUT2D eigenvalue weighted by Crippen LogP contribution is -2.14. The van der Waals surface area contributed by atoms with E-state index < -0.39 is 17.9 Å². The van der Waals surface area contributed by atoms with Crippen molar-refractivity contribution in [1.29, 1.82) is 10.5 Å². The fourth-order valence-corrected chi connectivity index (χ4v) is 5.08. The van der Waals surface area contributed by atoms with Crippen molar-refractivity contribution in [3.05, 3.63) is 137 Å². The summed E-state index contributed by atoms with van der Waals surface area (Å²) in [5, 5.41) is 35.4. The Balaban J connectivity index is 1.47. The lowest BCUT2D eigenvalue weighted by Gasteiger charge is -2.22. The molecule has 0 fully saturated rings. The van der Waals surface area contributed by atoms with E-state index in [2.05, 4.69) is 43.1 Å². The predicted molar refractivity (Wildman–Crippen MR) is 166 cm³/mol. The van der Waals surface area contributed by atoms with Gasteiger partial charge in [0.2, 0.25) is 0 Å². The quantitative estimate of drug-likeness (QED) is 0.179. The van der Waals surface area contributed by atoms with Crippen LogP contribution in [0.1, 0.15) is 42.2 Å². The molecular formula is C33H23ClFN9. The summed E-state index contributed by atoms with van der Waals surface area (Å²) in [6, 6.07) is 24.1. The van der Waals surface area contributed by atoms with Crippen molar-refractivity contribution in [2.45, 2.75) is 18.5 Å². The summed E-state index contributed by atoms with van der Waals surface area (Å²) in [7, 11) is 0. The highest BCUT2D eigenvalue weighted by Gasteiger charge is 2.22. The Morgan fingerprint density at radius 1 is 0.977 bits per heavy atom. The number of fused-ring (bicyclic) bond motifs is 1. The minimum Gasteiger partial charge on any atom is -0.376 e. The molecule has 0 radical (unpaired) electrons. The average Bonchev–Trinajstić information content (AvgIpc) is 3.57. The van der Waals surface area contributed by atoms with E-state index in [0.717, 1.165) is 5.56 Å². The molecule has 214 valence electrons. The molecule has 0 bridgehead atoms. The van der Waals surface area contributed by atoms with Crippen LogP contribution >= 0.6 is 11.6 Å². The first-order valence-electron chi connectivity index (χ1n) is 14.0. The first-order chi connectivity index (χ1) is 21.9. The maximum atomic E-state index is 14.0. The number of nitrogens with zero attached hydrogens (tertiary/aromatic N) is 7. The number of benzene rings is 3. The van der Waals surface area contributed by atoms with Crippen LogP contribution in [-0.4, -0.2) is 25.0 Å². The fraction of sp³-hybridized carbons (Fsp3) is 0.0909. The topological polar surface area (TPSA) is 128 Å². The van der Waals surface area contributed by atoms with Crippen LogP contribution in [0.4, 0.5) is 15.8 Å². The van der Waals surface area contributed by atoms with Crippen LogP contribution in [0.15, 0.2) is 104 Å². The third-order valence-electron chi connectivity index (χ3n) is 6.92. The first-order valence-corrected chi connectivity index (χ1v) is 13.9. The number of nitriles is 2. The van der Waals surface area contributed by atoms with Gasteiger partial charge in [0.15, 0.2) is 0 Å². The first kappa shape index (κ1) is 27.0. The zero-order valence-corrected chi connectivity index (χ0v) is 23.7. The van der Waals surface area contributed by atoms with Crippen LogP contribution in [0.2, 0.25) is 5.02 Å². The van der Waals surface area contributed by atoms with E-state index in [1.165, 1.54) is 35.1 Å². The molecule has 6 aromatic rings. The smallest absolute Gasteiger partial charge is 0.123 e. The molecule has 0 saturated heterocycles. The van der Waals surface area contributed by atoms with Gasteiger partial charge in [-0.05, 0) is 47.5 Å². The summed E-state index contributed by atoms with van der Waals surface area (Å²) < 4.78 is 25.1. The molecule has 3 heterocycles. The molecule has 0 amide bonds. The SMILES string of the molecule is [2H]C(Nc1cc(Cl)c2ncc(C#N)c(NC(CC#N)c3ccccc3)c2c1)(c1ccc(F)cc1)c1cn(-c2cccnc2)nn1. The normalized spacial score (nSPS) is 13.2. The number of aromatic nitrogens is 5. The maximum absolute atomic E-state index is 14.0. The number of halogens is 2. The molecule has 2 unspecified atom stereocenters. The van der Waals surface area contributed by atoms with E-state index in [-0.39, 0.29) is 22.7 Å². The van der Waals surface area contributed by atoms with E-state index in [4.69, 9.17) is 11.6 Å². The summed E-state index contributed by atoms with van der Waals surface area (Å²) in [6.45, 7) is 0. The zero-order valence-electron chi connectivity index (χ0n) is 24.0. The Morgan fingerprint density at radius 2 is 1.80 bits per heavy atom. The van der Waals surface area contributed by atoms with E-state index in [9.17, 15) is 16.3 Å². The monoisotopic (exact) mass is 600 g/mol.